The van der Waals surface area contributed by atoms with E-state index in [-0.39, 0.29) is 17.6 Å². The van der Waals surface area contributed by atoms with Crippen LogP contribution in [0.15, 0.2) is 28.8 Å². The second-order valence-electron chi connectivity index (χ2n) is 6.31. The Balaban J connectivity index is 1.59. The number of hydrogen-bond donors (Lipinski definition) is 1. The van der Waals surface area contributed by atoms with Gasteiger partial charge in [0.1, 0.15) is 5.82 Å². The van der Waals surface area contributed by atoms with E-state index < -0.39 is 0 Å². The lowest BCUT2D eigenvalue weighted by atomic mass is 9.98. The first kappa shape index (κ1) is 18.5. The molecule has 1 aliphatic rings. The van der Waals surface area contributed by atoms with E-state index in [0.29, 0.717) is 43.5 Å². The summed E-state index contributed by atoms with van der Waals surface area (Å²) in [5.41, 5.74) is 0.701. The zero-order valence-electron chi connectivity index (χ0n) is 14.8. The van der Waals surface area contributed by atoms with Gasteiger partial charge < -0.3 is 19.5 Å². The van der Waals surface area contributed by atoms with Crippen molar-refractivity contribution in [3.8, 4) is 11.4 Å². The molecule has 1 saturated heterocycles. The van der Waals surface area contributed by atoms with Gasteiger partial charge in [-0.25, -0.2) is 4.39 Å². The minimum Gasteiger partial charge on any atom is -0.383 e. The summed E-state index contributed by atoms with van der Waals surface area (Å²) < 4.78 is 23.4. The molecule has 0 aliphatic carbocycles. The molecular weight excluding hydrogens is 339 g/mol. The third kappa shape index (κ3) is 4.64. The van der Waals surface area contributed by atoms with Crippen molar-refractivity contribution >= 4 is 5.91 Å². The van der Waals surface area contributed by atoms with Gasteiger partial charge in [-0.15, -0.1) is 0 Å². The summed E-state index contributed by atoms with van der Waals surface area (Å²) in [4.78, 5) is 18.6. The lowest BCUT2D eigenvalue weighted by molar-refractivity contribution is -0.131. The molecule has 1 unspecified atom stereocenters. The molecule has 1 fully saturated rings. The molecule has 1 aliphatic heterocycles. The topological polar surface area (TPSA) is 80.5 Å². The lowest BCUT2D eigenvalue weighted by Gasteiger charge is -2.31. The van der Waals surface area contributed by atoms with E-state index in [1.54, 1.807) is 19.2 Å². The van der Waals surface area contributed by atoms with Crippen LogP contribution >= 0.6 is 0 Å². The van der Waals surface area contributed by atoms with Crippen molar-refractivity contribution in [1.82, 2.24) is 20.4 Å². The molecule has 2 heterocycles. The number of carbonyl (C=O) groups is 1. The Kier molecular flexibility index (Phi) is 6.30. The van der Waals surface area contributed by atoms with Crippen molar-refractivity contribution < 1.29 is 18.4 Å². The van der Waals surface area contributed by atoms with Crippen LogP contribution < -0.4 is 5.32 Å². The summed E-state index contributed by atoms with van der Waals surface area (Å²) in [6.45, 7) is 2.81. The fourth-order valence-corrected chi connectivity index (χ4v) is 3.00. The molecule has 26 heavy (non-hydrogen) atoms. The third-order valence-electron chi connectivity index (χ3n) is 4.43. The number of piperidine rings is 1. The number of methoxy groups -OCH3 is 1. The highest BCUT2D eigenvalue weighted by Crippen LogP contribution is 2.27. The fourth-order valence-electron chi connectivity index (χ4n) is 3.00. The number of hydrogen-bond acceptors (Lipinski definition) is 6. The van der Waals surface area contributed by atoms with Crippen molar-refractivity contribution in [1.29, 1.82) is 0 Å². The van der Waals surface area contributed by atoms with Crippen LogP contribution in [0.2, 0.25) is 0 Å². The third-order valence-corrected chi connectivity index (χ3v) is 4.43. The highest BCUT2D eigenvalue weighted by Gasteiger charge is 2.28. The van der Waals surface area contributed by atoms with Crippen LogP contribution in [0.3, 0.4) is 0 Å². The number of likely N-dealkylation sites (tertiary alicyclic amines) is 1. The van der Waals surface area contributed by atoms with Crippen LogP contribution in [0.25, 0.3) is 11.4 Å². The van der Waals surface area contributed by atoms with Crippen molar-refractivity contribution in [3.05, 3.63) is 36.0 Å². The molecule has 0 spiro atoms. The molecule has 3 rings (SSSR count). The Morgan fingerprint density at radius 1 is 1.42 bits per heavy atom. The minimum absolute atomic E-state index is 0.0216. The van der Waals surface area contributed by atoms with E-state index in [0.717, 1.165) is 19.4 Å². The van der Waals surface area contributed by atoms with Crippen LogP contribution in [0, 0.1) is 5.82 Å². The second kappa shape index (κ2) is 8.86. The van der Waals surface area contributed by atoms with E-state index in [2.05, 4.69) is 15.5 Å². The predicted octanol–water partition coefficient (Wildman–Crippen LogP) is 1.82. The molecule has 140 valence electrons. The molecule has 0 radical (unpaired) electrons. The van der Waals surface area contributed by atoms with Crippen LogP contribution in [0.4, 0.5) is 4.39 Å². The van der Waals surface area contributed by atoms with E-state index in [1.807, 2.05) is 4.90 Å². The van der Waals surface area contributed by atoms with Crippen LogP contribution in [-0.2, 0) is 9.53 Å². The summed E-state index contributed by atoms with van der Waals surface area (Å²) in [6, 6.07) is 5.96. The van der Waals surface area contributed by atoms with Gasteiger partial charge in [-0.3, -0.25) is 4.79 Å². The van der Waals surface area contributed by atoms with E-state index in [4.69, 9.17) is 9.26 Å². The number of benzene rings is 1. The number of nitrogens with one attached hydrogen (secondary N) is 1. The first-order chi connectivity index (χ1) is 12.7. The van der Waals surface area contributed by atoms with Gasteiger partial charge in [0.2, 0.25) is 17.6 Å². The smallest absolute Gasteiger partial charge is 0.236 e. The van der Waals surface area contributed by atoms with Gasteiger partial charge in [0.05, 0.1) is 19.1 Å². The molecule has 1 aromatic heterocycles. The molecule has 1 N–H and O–H groups in total. The number of amides is 1. The summed E-state index contributed by atoms with van der Waals surface area (Å²) in [5.74, 6) is 0.731. The summed E-state index contributed by atoms with van der Waals surface area (Å²) in [7, 11) is 1.63. The van der Waals surface area contributed by atoms with Crippen LogP contribution in [0.5, 0.6) is 0 Å². The average molecular weight is 362 g/mol. The zero-order chi connectivity index (χ0) is 18.4. The predicted molar refractivity (Wildman–Crippen MR) is 93.0 cm³/mol. The van der Waals surface area contributed by atoms with Crippen molar-refractivity contribution in [3.63, 3.8) is 0 Å². The maximum atomic E-state index is 13.0. The van der Waals surface area contributed by atoms with Gasteiger partial charge in [-0.2, -0.15) is 4.98 Å². The Bertz CT molecular complexity index is 719. The Labute approximate surface area is 151 Å². The maximum Gasteiger partial charge on any atom is 0.236 e. The quantitative estimate of drug-likeness (QED) is 0.757. The number of ether oxygens (including phenoxy) is 1. The van der Waals surface area contributed by atoms with Gasteiger partial charge in [-0.1, -0.05) is 5.16 Å². The second-order valence-corrected chi connectivity index (χ2v) is 6.31. The van der Waals surface area contributed by atoms with Gasteiger partial charge >= 0.3 is 0 Å². The molecule has 8 heteroatoms. The molecular formula is C18H23FN4O3. The Hall–Kier alpha value is -2.32. The number of nitrogens with zero attached hydrogens (tertiary/aromatic N) is 3. The first-order valence-electron chi connectivity index (χ1n) is 8.74. The van der Waals surface area contributed by atoms with E-state index in [9.17, 15) is 9.18 Å². The average Bonchev–Trinajstić information content (AvgIpc) is 3.16. The number of halogens is 1. The maximum absolute atomic E-state index is 13.0. The SMILES string of the molecule is COCCNCC(=O)N1CCCC(c2nc(-c3ccc(F)cc3)no2)C1. The monoisotopic (exact) mass is 362 g/mol. The highest BCUT2D eigenvalue weighted by atomic mass is 19.1. The Morgan fingerprint density at radius 3 is 3.00 bits per heavy atom. The number of aromatic nitrogens is 2. The largest absolute Gasteiger partial charge is 0.383 e. The normalized spacial score (nSPS) is 17.5. The van der Waals surface area contributed by atoms with Gasteiger partial charge in [0, 0.05) is 32.3 Å². The standard InChI is InChI=1S/C18H23FN4O3/c1-25-10-8-20-11-16(24)23-9-2-3-14(12-23)18-21-17(22-26-18)13-4-6-15(19)7-5-13/h4-7,14,20H,2-3,8-12H2,1H3. The molecule has 0 saturated carbocycles. The van der Waals surface area contributed by atoms with Gasteiger partial charge in [0.15, 0.2) is 0 Å². The molecule has 1 aromatic carbocycles. The van der Waals surface area contributed by atoms with E-state index >= 15 is 0 Å². The van der Waals surface area contributed by atoms with Crippen molar-refractivity contribution in [2.45, 2.75) is 18.8 Å². The van der Waals surface area contributed by atoms with Crippen molar-refractivity contribution in [2.75, 3.05) is 39.9 Å². The molecule has 2 aromatic rings. The lowest BCUT2D eigenvalue weighted by Crippen LogP contribution is -2.43. The molecule has 1 atom stereocenters. The van der Waals surface area contributed by atoms with Crippen LogP contribution in [0.1, 0.15) is 24.7 Å². The Morgan fingerprint density at radius 2 is 2.23 bits per heavy atom. The van der Waals surface area contributed by atoms with Crippen molar-refractivity contribution in [2.24, 2.45) is 0 Å². The zero-order valence-corrected chi connectivity index (χ0v) is 14.8. The molecule has 7 nitrogen and oxygen atoms in total. The fraction of sp³-hybridized carbons (Fsp3) is 0.500. The number of carbonyl (C=O) groups excluding carboxylic acids is 1. The van der Waals surface area contributed by atoms with E-state index in [1.165, 1.54) is 12.1 Å². The minimum atomic E-state index is -0.307. The summed E-state index contributed by atoms with van der Waals surface area (Å²) in [5, 5.41) is 7.06. The molecule has 0 bridgehead atoms. The number of rotatable bonds is 7. The first-order valence-corrected chi connectivity index (χ1v) is 8.74. The van der Waals surface area contributed by atoms with Crippen LogP contribution in [-0.4, -0.2) is 60.8 Å². The van der Waals surface area contributed by atoms with Gasteiger partial charge in [-0.05, 0) is 37.1 Å². The molecule has 1 amide bonds. The summed E-state index contributed by atoms with van der Waals surface area (Å²) in [6.07, 6.45) is 1.79. The summed E-state index contributed by atoms with van der Waals surface area (Å²) >= 11 is 0. The van der Waals surface area contributed by atoms with Gasteiger partial charge in [0.25, 0.3) is 0 Å². The highest BCUT2D eigenvalue weighted by molar-refractivity contribution is 5.78.